The van der Waals surface area contributed by atoms with Crippen LogP contribution in [0, 0.1) is 0 Å². The molecular weight excluding hydrogens is 491 g/mol. The molecule has 1 aliphatic heterocycles. The van der Waals surface area contributed by atoms with Crippen molar-refractivity contribution < 1.29 is 19.0 Å². The summed E-state index contributed by atoms with van der Waals surface area (Å²) in [6, 6.07) is 3.35. The van der Waals surface area contributed by atoms with Gasteiger partial charge in [0.25, 0.3) is 0 Å². The van der Waals surface area contributed by atoms with E-state index in [0.717, 1.165) is 50.2 Å². The van der Waals surface area contributed by atoms with Crippen LogP contribution in [0.15, 0.2) is 24.7 Å². The number of nitrogens with zero attached hydrogens (tertiary/aromatic N) is 6. The van der Waals surface area contributed by atoms with Gasteiger partial charge in [0.2, 0.25) is 0 Å². The number of nitrogens with one attached hydrogen (secondary N) is 2. The lowest BCUT2D eigenvalue weighted by molar-refractivity contribution is -0.138. The van der Waals surface area contributed by atoms with E-state index in [0.29, 0.717) is 29.9 Å². The quantitative estimate of drug-likeness (QED) is 0.253. The fourth-order valence-corrected chi connectivity index (χ4v) is 4.77. The summed E-state index contributed by atoms with van der Waals surface area (Å²) in [6.07, 6.45) is 6.90. The Bertz CT molecular complexity index is 1210. The van der Waals surface area contributed by atoms with Gasteiger partial charge in [-0.25, -0.2) is 24.1 Å². The molecule has 0 bridgehead atoms. The monoisotopic (exact) mass is 528 g/mol. The van der Waals surface area contributed by atoms with Crippen molar-refractivity contribution in [1.82, 2.24) is 29.6 Å². The molecule has 2 atom stereocenters. The maximum Gasteiger partial charge on any atom is 0.326 e. The highest BCUT2D eigenvalue weighted by atomic mass is 19.1. The number of ether oxygens (including phenoxy) is 1. The zero-order chi connectivity index (χ0) is 26.9. The summed E-state index contributed by atoms with van der Waals surface area (Å²) in [7, 11) is 3.24. The Hall–Kier alpha value is -3.38. The average Bonchev–Trinajstić information content (AvgIpc) is 3.30. The van der Waals surface area contributed by atoms with Crippen LogP contribution in [-0.4, -0.2) is 92.8 Å². The second-order valence-corrected chi connectivity index (χ2v) is 9.70. The summed E-state index contributed by atoms with van der Waals surface area (Å²) in [6.45, 7) is 2.21. The molecular formula is C26H37FN8O3. The number of hydrogen-bond acceptors (Lipinski definition) is 9. The molecule has 0 fully saturated rings. The SMILES string of the molecule is COCC(F)CN(CCCCc1ccc2c(n1)NCCC2)CCC(Nc1ncnc2c1cnn2C)C(=O)O. The molecule has 2 unspecified atom stereocenters. The van der Waals surface area contributed by atoms with Gasteiger partial charge in [-0.3, -0.25) is 4.68 Å². The second kappa shape index (κ2) is 13.4. The third-order valence-corrected chi connectivity index (χ3v) is 6.79. The van der Waals surface area contributed by atoms with Gasteiger partial charge in [0.1, 0.15) is 30.2 Å². The number of fused-ring (bicyclic) bond motifs is 2. The number of halogens is 1. The fourth-order valence-electron chi connectivity index (χ4n) is 4.77. The van der Waals surface area contributed by atoms with E-state index in [2.05, 4.69) is 37.8 Å². The van der Waals surface area contributed by atoms with Gasteiger partial charge in [0.05, 0.1) is 18.2 Å². The number of carboxylic acid groups (broad SMARTS) is 1. The molecule has 0 aliphatic carbocycles. The van der Waals surface area contributed by atoms with Crippen molar-refractivity contribution in [3.63, 3.8) is 0 Å². The van der Waals surface area contributed by atoms with Crippen LogP contribution in [0.5, 0.6) is 0 Å². The number of carboxylic acids is 1. The zero-order valence-electron chi connectivity index (χ0n) is 22.1. The number of anilines is 2. The standard InChI is InChI=1S/C26H37FN8O3/c1-34-25-21(14-31-34)24(29-17-30-25)33-22(26(36)37)10-13-35(15-19(27)16-38-2)12-4-3-7-20-9-8-18-6-5-11-28-23(18)32-20/h8-9,14,17,19,22H,3-7,10-13,15-16H2,1-2H3,(H,28,32)(H,36,37)(H,29,30,33). The van der Waals surface area contributed by atoms with Gasteiger partial charge < -0.3 is 25.4 Å². The number of alkyl halides is 1. The van der Waals surface area contributed by atoms with Gasteiger partial charge in [0, 0.05) is 39.5 Å². The van der Waals surface area contributed by atoms with E-state index in [9.17, 15) is 14.3 Å². The highest BCUT2D eigenvalue weighted by Crippen LogP contribution is 2.21. The van der Waals surface area contributed by atoms with E-state index in [1.165, 1.54) is 19.0 Å². The summed E-state index contributed by atoms with van der Waals surface area (Å²) in [5.74, 6) is 0.410. The summed E-state index contributed by atoms with van der Waals surface area (Å²) in [4.78, 5) is 27.2. The Morgan fingerprint density at radius 1 is 1.32 bits per heavy atom. The van der Waals surface area contributed by atoms with Crippen LogP contribution in [0.3, 0.4) is 0 Å². The Labute approximate surface area is 221 Å². The lowest BCUT2D eigenvalue weighted by Crippen LogP contribution is -2.38. The first kappa shape index (κ1) is 27.6. The number of aliphatic carboxylic acids is 1. The first-order valence-corrected chi connectivity index (χ1v) is 13.1. The van der Waals surface area contributed by atoms with Crippen molar-refractivity contribution in [1.29, 1.82) is 0 Å². The van der Waals surface area contributed by atoms with Crippen molar-refractivity contribution in [2.75, 3.05) is 50.5 Å². The molecule has 1 aliphatic rings. The molecule has 3 aromatic heterocycles. The normalized spacial score (nSPS) is 14.7. The van der Waals surface area contributed by atoms with Crippen LogP contribution in [-0.2, 0) is 29.4 Å². The topological polar surface area (TPSA) is 130 Å². The molecule has 0 radical (unpaired) electrons. The lowest BCUT2D eigenvalue weighted by Gasteiger charge is -2.26. The van der Waals surface area contributed by atoms with Crippen LogP contribution < -0.4 is 10.6 Å². The molecule has 0 amide bonds. The van der Waals surface area contributed by atoms with E-state index in [1.54, 1.807) is 17.9 Å². The molecule has 12 heteroatoms. The Kier molecular flexibility index (Phi) is 9.77. The highest BCUT2D eigenvalue weighted by molar-refractivity contribution is 5.88. The molecule has 0 saturated carbocycles. The van der Waals surface area contributed by atoms with Crippen molar-refractivity contribution in [2.24, 2.45) is 7.05 Å². The number of aromatic nitrogens is 5. The molecule has 206 valence electrons. The van der Waals surface area contributed by atoms with E-state index in [4.69, 9.17) is 9.72 Å². The van der Waals surface area contributed by atoms with Crippen LogP contribution in [0.25, 0.3) is 11.0 Å². The summed E-state index contributed by atoms with van der Waals surface area (Å²) >= 11 is 0. The maximum absolute atomic E-state index is 14.5. The van der Waals surface area contributed by atoms with E-state index in [1.807, 2.05) is 4.90 Å². The number of rotatable bonds is 15. The van der Waals surface area contributed by atoms with Gasteiger partial charge in [-0.1, -0.05) is 6.07 Å². The average molecular weight is 529 g/mol. The van der Waals surface area contributed by atoms with Crippen LogP contribution in [0.1, 0.15) is 36.9 Å². The summed E-state index contributed by atoms with van der Waals surface area (Å²) in [5, 5.41) is 21.1. The third kappa shape index (κ3) is 7.35. The molecule has 0 aromatic carbocycles. The highest BCUT2D eigenvalue weighted by Gasteiger charge is 2.22. The largest absolute Gasteiger partial charge is 0.480 e. The van der Waals surface area contributed by atoms with Crippen molar-refractivity contribution in [2.45, 2.75) is 50.7 Å². The van der Waals surface area contributed by atoms with Gasteiger partial charge in [-0.15, -0.1) is 0 Å². The van der Waals surface area contributed by atoms with E-state index in [-0.39, 0.29) is 19.6 Å². The van der Waals surface area contributed by atoms with Gasteiger partial charge in [-0.05, 0) is 56.7 Å². The van der Waals surface area contributed by atoms with Gasteiger partial charge in [0.15, 0.2) is 5.65 Å². The minimum atomic E-state index is -1.15. The minimum Gasteiger partial charge on any atom is -0.480 e. The molecule has 0 saturated heterocycles. The Morgan fingerprint density at radius 3 is 3.00 bits per heavy atom. The summed E-state index contributed by atoms with van der Waals surface area (Å²) < 4.78 is 21.0. The smallest absolute Gasteiger partial charge is 0.326 e. The summed E-state index contributed by atoms with van der Waals surface area (Å²) in [5.41, 5.74) is 2.93. The number of carbonyl (C=O) groups is 1. The molecule has 11 nitrogen and oxygen atoms in total. The number of pyridine rings is 1. The van der Waals surface area contributed by atoms with Gasteiger partial charge in [-0.2, -0.15) is 5.10 Å². The number of methoxy groups -OCH3 is 1. The fraction of sp³-hybridized carbons (Fsp3) is 0.577. The number of aryl methyl sites for hydroxylation is 3. The maximum atomic E-state index is 14.5. The first-order valence-electron chi connectivity index (χ1n) is 13.1. The van der Waals surface area contributed by atoms with Crippen LogP contribution >= 0.6 is 0 Å². The van der Waals surface area contributed by atoms with Crippen molar-refractivity contribution >= 4 is 28.6 Å². The predicted molar refractivity (Wildman–Crippen MR) is 143 cm³/mol. The third-order valence-electron chi connectivity index (χ3n) is 6.79. The van der Waals surface area contributed by atoms with E-state index < -0.39 is 18.2 Å². The van der Waals surface area contributed by atoms with Crippen molar-refractivity contribution in [3.8, 4) is 0 Å². The van der Waals surface area contributed by atoms with Gasteiger partial charge >= 0.3 is 5.97 Å². The molecule has 38 heavy (non-hydrogen) atoms. The van der Waals surface area contributed by atoms with Crippen LogP contribution in [0.2, 0.25) is 0 Å². The second-order valence-electron chi connectivity index (χ2n) is 9.70. The van der Waals surface area contributed by atoms with E-state index >= 15 is 0 Å². The minimum absolute atomic E-state index is 0.00305. The predicted octanol–water partition coefficient (Wildman–Crippen LogP) is 2.68. The zero-order valence-corrected chi connectivity index (χ0v) is 22.1. The number of unbranched alkanes of at least 4 members (excludes halogenated alkanes) is 1. The Morgan fingerprint density at radius 2 is 2.18 bits per heavy atom. The van der Waals surface area contributed by atoms with Crippen LogP contribution in [0.4, 0.5) is 16.0 Å². The molecule has 3 N–H and O–H groups in total. The first-order chi connectivity index (χ1) is 18.4. The molecule has 0 spiro atoms. The Balaban J connectivity index is 1.33. The molecule has 3 aromatic rings. The number of hydrogen-bond donors (Lipinski definition) is 3. The molecule has 4 rings (SSSR count). The lowest BCUT2D eigenvalue weighted by atomic mass is 10.1. The van der Waals surface area contributed by atoms with Crippen molar-refractivity contribution in [3.05, 3.63) is 35.9 Å². The molecule has 4 heterocycles.